The number of rotatable bonds is 7. The van der Waals surface area contributed by atoms with E-state index in [9.17, 15) is 4.79 Å². The van der Waals surface area contributed by atoms with Crippen LogP contribution < -0.4 is 16.0 Å². The summed E-state index contributed by atoms with van der Waals surface area (Å²) in [5.41, 5.74) is 1.33. The number of thiophene rings is 1. The highest BCUT2D eigenvalue weighted by Crippen LogP contribution is 2.18. The van der Waals surface area contributed by atoms with Gasteiger partial charge in [-0.3, -0.25) is 4.79 Å². The fourth-order valence-corrected chi connectivity index (χ4v) is 2.70. The normalized spacial score (nSPS) is 15.6. The lowest BCUT2D eigenvalue weighted by molar-refractivity contribution is -0.119. The highest BCUT2D eigenvalue weighted by Gasteiger charge is 2.22. The predicted molar refractivity (Wildman–Crippen MR) is 103 cm³/mol. The molecular formula is C15H25IN4OS. The van der Waals surface area contributed by atoms with Gasteiger partial charge < -0.3 is 16.0 Å². The summed E-state index contributed by atoms with van der Waals surface area (Å²) in [6.45, 7) is 5.95. The number of hydrogen-bond acceptors (Lipinski definition) is 3. The van der Waals surface area contributed by atoms with Gasteiger partial charge >= 0.3 is 0 Å². The molecule has 0 radical (unpaired) electrons. The Bertz CT molecular complexity index is 474. The van der Waals surface area contributed by atoms with Crippen molar-refractivity contribution in [3.05, 3.63) is 22.4 Å². The van der Waals surface area contributed by atoms with E-state index < -0.39 is 0 Å². The molecule has 1 aromatic heterocycles. The van der Waals surface area contributed by atoms with Crippen LogP contribution in [0.15, 0.2) is 21.8 Å². The summed E-state index contributed by atoms with van der Waals surface area (Å²) >= 11 is 1.71. The molecular weight excluding hydrogens is 411 g/mol. The Balaban J connectivity index is 0.00000242. The van der Waals surface area contributed by atoms with Crippen LogP contribution in [0, 0.1) is 0 Å². The lowest BCUT2D eigenvalue weighted by Gasteiger charge is -2.15. The Morgan fingerprint density at radius 2 is 2.23 bits per heavy atom. The predicted octanol–water partition coefficient (Wildman–Crippen LogP) is 2.30. The number of aliphatic imine (C=N–C) groups is 1. The number of halogens is 1. The van der Waals surface area contributed by atoms with Gasteiger partial charge in [-0.15, -0.1) is 24.0 Å². The van der Waals surface area contributed by atoms with Crippen molar-refractivity contribution < 1.29 is 4.79 Å². The minimum absolute atomic E-state index is 0. The summed E-state index contributed by atoms with van der Waals surface area (Å²) in [5.74, 6) is 1.12. The molecule has 1 heterocycles. The molecule has 1 atom stereocenters. The molecule has 1 fully saturated rings. The topological polar surface area (TPSA) is 65.5 Å². The number of nitrogens with one attached hydrogen (secondary N) is 3. The van der Waals surface area contributed by atoms with E-state index in [1.54, 1.807) is 11.3 Å². The van der Waals surface area contributed by atoms with Crippen molar-refractivity contribution in [2.24, 2.45) is 4.99 Å². The summed E-state index contributed by atoms with van der Waals surface area (Å²) < 4.78 is 0. The Morgan fingerprint density at radius 3 is 2.82 bits per heavy atom. The van der Waals surface area contributed by atoms with Gasteiger partial charge in [0.15, 0.2) is 5.96 Å². The van der Waals surface area contributed by atoms with Crippen LogP contribution in [-0.2, 0) is 4.79 Å². The molecule has 0 bridgehead atoms. The Hall–Kier alpha value is -0.830. The number of guanidine groups is 1. The number of hydrogen-bond donors (Lipinski definition) is 3. The molecule has 1 aliphatic rings. The van der Waals surface area contributed by atoms with Gasteiger partial charge in [0, 0.05) is 19.1 Å². The minimum atomic E-state index is 0. The first-order valence-corrected chi connectivity index (χ1v) is 8.47. The van der Waals surface area contributed by atoms with Gasteiger partial charge in [0.25, 0.3) is 0 Å². The van der Waals surface area contributed by atoms with Crippen LogP contribution in [0.25, 0.3) is 0 Å². The molecule has 3 N–H and O–H groups in total. The molecule has 0 aromatic carbocycles. The van der Waals surface area contributed by atoms with Gasteiger partial charge in [0.2, 0.25) is 5.91 Å². The van der Waals surface area contributed by atoms with E-state index in [1.807, 2.05) is 6.92 Å². The lowest BCUT2D eigenvalue weighted by atomic mass is 10.1. The van der Waals surface area contributed by atoms with Gasteiger partial charge in [-0.1, -0.05) is 6.92 Å². The molecule has 1 aliphatic carbocycles. The van der Waals surface area contributed by atoms with Gasteiger partial charge in [0.1, 0.15) is 6.54 Å². The second-order valence-electron chi connectivity index (χ2n) is 5.38. The zero-order valence-corrected chi connectivity index (χ0v) is 16.2. The van der Waals surface area contributed by atoms with E-state index in [-0.39, 0.29) is 36.4 Å². The fourth-order valence-electron chi connectivity index (χ4n) is 1.92. The minimum Gasteiger partial charge on any atom is -0.357 e. The molecule has 22 heavy (non-hydrogen) atoms. The maximum absolute atomic E-state index is 11.7. The van der Waals surface area contributed by atoms with Crippen LogP contribution in [0.2, 0.25) is 0 Å². The second kappa shape index (κ2) is 10.0. The SMILES string of the molecule is CCNC(=NCC(=O)NC1CC1)NCC(C)c1ccsc1.I. The monoisotopic (exact) mass is 436 g/mol. The highest BCUT2D eigenvalue weighted by atomic mass is 127. The van der Waals surface area contributed by atoms with Crippen molar-refractivity contribution in [2.75, 3.05) is 19.6 Å². The molecule has 0 aliphatic heterocycles. The van der Waals surface area contributed by atoms with Crippen molar-refractivity contribution in [3.63, 3.8) is 0 Å². The number of carbonyl (C=O) groups excluding carboxylic acids is 1. The van der Waals surface area contributed by atoms with Crippen LogP contribution in [-0.4, -0.2) is 37.5 Å². The van der Waals surface area contributed by atoms with Gasteiger partial charge in [-0.2, -0.15) is 11.3 Å². The van der Waals surface area contributed by atoms with Crippen LogP contribution in [0.5, 0.6) is 0 Å². The van der Waals surface area contributed by atoms with Crippen LogP contribution in [0.1, 0.15) is 38.2 Å². The summed E-state index contributed by atoms with van der Waals surface area (Å²) in [6.07, 6.45) is 2.21. The fraction of sp³-hybridized carbons (Fsp3) is 0.600. The Morgan fingerprint density at radius 1 is 1.45 bits per heavy atom. The molecule has 0 saturated heterocycles. The van der Waals surface area contributed by atoms with Crippen LogP contribution in [0.4, 0.5) is 0 Å². The van der Waals surface area contributed by atoms with E-state index in [0.717, 1.165) is 25.9 Å². The van der Waals surface area contributed by atoms with Gasteiger partial charge in [-0.05, 0) is 48.1 Å². The molecule has 1 unspecified atom stereocenters. The first-order chi connectivity index (χ1) is 10.2. The van der Waals surface area contributed by atoms with E-state index >= 15 is 0 Å². The summed E-state index contributed by atoms with van der Waals surface area (Å²) in [4.78, 5) is 16.0. The quantitative estimate of drug-likeness (QED) is 0.349. The van der Waals surface area contributed by atoms with Crippen molar-refractivity contribution >= 4 is 47.2 Å². The molecule has 124 valence electrons. The maximum Gasteiger partial charge on any atom is 0.242 e. The molecule has 2 rings (SSSR count). The molecule has 1 aromatic rings. The zero-order valence-electron chi connectivity index (χ0n) is 13.1. The van der Waals surface area contributed by atoms with Crippen molar-refractivity contribution in [1.82, 2.24) is 16.0 Å². The third-order valence-electron chi connectivity index (χ3n) is 3.36. The van der Waals surface area contributed by atoms with Gasteiger partial charge in [0.05, 0.1) is 0 Å². The Kier molecular flexibility index (Phi) is 8.77. The van der Waals surface area contributed by atoms with E-state index in [0.29, 0.717) is 17.9 Å². The zero-order chi connectivity index (χ0) is 15.1. The third-order valence-corrected chi connectivity index (χ3v) is 4.06. The first-order valence-electron chi connectivity index (χ1n) is 7.52. The number of amides is 1. The summed E-state index contributed by atoms with van der Waals surface area (Å²) in [5, 5.41) is 13.7. The maximum atomic E-state index is 11.7. The average molecular weight is 436 g/mol. The third kappa shape index (κ3) is 6.95. The summed E-state index contributed by atoms with van der Waals surface area (Å²) in [7, 11) is 0. The first kappa shape index (κ1) is 19.2. The highest BCUT2D eigenvalue weighted by molar-refractivity contribution is 14.0. The molecule has 0 spiro atoms. The summed E-state index contributed by atoms with van der Waals surface area (Å²) in [6, 6.07) is 2.53. The van der Waals surface area contributed by atoms with E-state index in [2.05, 4.69) is 44.7 Å². The van der Waals surface area contributed by atoms with Crippen LogP contribution >= 0.6 is 35.3 Å². The Labute approximate surface area is 153 Å². The van der Waals surface area contributed by atoms with E-state index in [4.69, 9.17) is 0 Å². The van der Waals surface area contributed by atoms with Gasteiger partial charge in [-0.25, -0.2) is 4.99 Å². The molecule has 7 heteroatoms. The number of carbonyl (C=O) groups is 1. The standard InChI is InChI=1S/C15H24N4OS.HI/c1-3-16-15(18-9-14(20)19-13-4-5-13)17-8-11(2)12-6-7-21-10-12;/h6-7,10-11,13H,3-5,8-9H2,1-2H3,(H,19,20)(H2,16,17,18);1H. The van der Waals surface area contributed by atoms with Crippen molar-refractivity contribution in [3.8, 4) is 0 Å². The van der Waals surface area contributed by atoms with E-state index in [1.165, 1.54) is 5.56 Å². The largest absolute Gasteiger partial charge is 0.357 e. The second-order valence-corrected chi connectivity index (χ2v) is 6.16. The molecule has 5 nitrogen and oxygen atoms in total. The van der Waals surface area contributed by atoms with Crippen molar-refractivity contribution in [1.29, 1.82) is 0 Å². The lowest BCUT2D eigenvalue weighted by Crippen LogP contribution is -2.40. The van der Waals surface area contributed by atoms with Crippen LogP contribution in [0.3, 0.4) is 0 Å². The average Bonchev–Trinajstić information content (AvgIpc) is 3.10. The smallest absolute Gasteiger partial charge is 0.242 e. The number of nitrogens with zero attached hydrogens (tertiary/aromatic N) is 1. The molecule has 1 amide bonds. The molecule has 1 saturated carbocycles. The van der Waals surface area contributed by atoms with Crippen molar-refractivity contribution in [2.45, 2.75) is 38.6 Å².